The molecule has 1 atom stereocenters. The highest BCUT2D eigenvalue weighted by Crippen LogP contribution is 2.61. The molecule has 1 amide bonds. The molecule has 6 rings (SSSR count). The van der Waals surface area contributed by atoms with Gasteiger partial charge in [0.05, 0.1) is 6.07 Å². The van der Waals surface area contributed by atoms with E-state index in [-0.39, 0.29) is 17.7 Å². The summed E-state index contributed by atoms with van der Waals surface area (Å²) in [6, 6.07) is 26.7. The zero-order chi connectivity index (χ0) is 19.3. The van der Waals surface area contributed by atoms with Gasteiger partial charge in [-0.3, -0.25) is 4.79 Å². The minimum Gasteiger partial charge on any atom is -0.324 e. The van der Waals surface area contributed by atoms with Crippen LogP contribution in [0.1, 0.15) is 46.1 Å². The third kappa shape index (κ3) is 2.18. The van der Waals surface area contributed by atoms with Gasteiger partial charge < -0.3 is 5.32 Å². The van der Waals surface area contributed by atoms with E-state index < -0.39 is 5.41 Å². The number of nitriles is 1. The summed E-state index contributed by atoms with van der Waals surface area (Å²) >= 11 is 0. The number of para-hydroxylation sites is 1. The van der Waals surface area contributed by atoms with Gasteiger partial charge in [-0.1, -0.05) is 66.7 Å². The van der Waals surface area contributed by atoms with Crippen molar-refractivity contribution in [1.82, 2.24) is 0 Å². The maximum atomic E-state index is 13.5. The zero-order valence-electron chi connectivity index (χ0n) is 15.6. The first-order valence-electron chi connectivity index (χ1n) is 9.61. The molecule has 1 unspecified atom stereocenters. The second-order valence-electron chi connectivity index (χ2n) is 7.80. The lowest BCUT2D eigenvalue weighted by atomic mass is 9.52. The number of hydrogen-bond donors (Lipinski definition) is 1. The second kappa shape index (κ2) is 6.07. The summed E-state index contributed by atoms with van der Waals surface area (Å²) in [7, 11) is 0. The number of nitrogens with zero attached hydrogens (tertiary/aromatic N) is 1. The number of carbonyl (C=O) groups excluding carboxylic acids is 1. The highest BCUT2D eigenvalue weighted by atomic mass is 16.2. The molecule has 28 heavy (non-hydrogen) atoms. The fraction of sp³-hybridized carbons (Fsp3) is 0.200. The maximum Gasteiger partial charge on any atom is 0.245 e. The monoisotopic (exact) mass is 364 g/mol. The molecule has 3 aliphatic rings. The lowest BCUT2D eigenvalue weighted by Crippen LogP contribution is -2.48. The van der Waals surface area contributed by atoms with Crippen molar-refractivity contribution >= 4 is 11.6 Å². The first-order chi connectivity index (χ1) is 13.7. The normalized spacial score (nSPS) is 24.0. The summed E-state index contributed by atoms with van der Waals surface area (Å²) < 4.78 is 0. The van der Waals surface area contributed by atoms with Crippen molar-refractivity contribution < 1.29 is 4.79 Å². The lowest BCUT2D eigenvalue weighted by Gasteiger charge is -2.48. The molecule has 0 radical (unpaired) electrons. The lowest BCUT2D eigenvalue weighted by molar-refractivity contribution is -0.124. The summed E-state index contributed by atoms with van der Waals surface area (Å²) in [6.45, 7) is 1.96. The molecule has 0 aromatic heterocycles. The fourth-order valence-corrected chi connectivity index (χ4v) is 5.04. The Morgan fingerprint density at radius 1 is 0.929 bits per heavy atom. The van der Waals surface area contributed by atoms with Crippen molar-refractivity contribution in [2.75, 3.05) is 5.32 Å². The van der Waals surface area contributed by atoms with E-state index in [1.54, 1.807) is 0 Å². The Balaban J connectivity index is 1.67. The molecule has 3 aromatic rings. The van der Waals surface area contributed by atoms with Crippen LogP contribution in [-0.2, 0) is 4.79 Å². The van der Waals surface area contributed by atoms with Gasteiger partial charge >= 0.3 is 0 Å². The Kier molecular flexibility index (Phi) is 3.64. The van der Waals surface area contributed by atoms with Gasteiger partial charge in [-0.25, -0.2) is 0 Å². The van der Waals surface area contributed by atoms with E-state index in [2.05, 4.69) is 35.7 Å². The maximum absolute atomic E-state index is 13.5. The summed E-state index contributed by atoms with van der Waals surface area (Å²) in [6.07, 6.45) is 0.514. The van der Waals surface area contributed by atoms with Crippen LogP contribution in [0.5, 0.6) is 0 Å². The van der Waals surface area contributed by atoms with Gasteiger partial charge in [-0.05, 0) is 47.2 Å². The number of carbonyl (C=O) groups is 1. The smallest absolute Gasteiger partial charge is 0.245 e. The Hall–Kier alpha value is -3.38. The molecule has 3 aliphatic carbocycles. The predicted molar refractivity (Wildman–Crippen MR) is 109 cm³/mol. The molecule has 0 spiro atoms. The standard InChI is InChI=1S/C25H20N2O/c1-16-8-2-7-13-22(16)27-24(28)25(15-26)14-21-17-9-3-5-11-19(17)23(25)20-12-6-4-10-18(20)21/h2-13,21,23H,14H2,1H3,(H,27,28). The first-order valence-corrected chi connectivity index (χ1v) is 9.61. The van der Waals surface area contributed by atoms with E-state index in [0.29, 0.717) is 6.42 Å². The topological polar surface area (TPSA) is 52.9 Å². The van der Waals surface area contributed by atoms with E-state index in [1.165, 1.54) is 11.1 Å². The molecule has 0 saturated carbocycles. The molecule has 3 aromatic carbocycles. The molecular weight excluding hydrogens is 344 g/mol. The predicted octanol–water partition coefficient (Wildman–Crippen LogP) is 5.12. The fourth-order valence-electron chi connectivity index (χ4n) is 5.04. The van der Waals surface area contributed by atoms with Crippen LogP contribution in [0.15, 0.2) is 72.8 Å². The Morgan fingerprint density at radius 3 is 2.04 bits per heavy atom. The molecule has 0 aliphatic heterocycles. The van der Waals surface area contributed by atoms with Crippen molar-refractivity contribution in [2.45, 2.75) is 25.2 Å². The minimum absolute atomic E-state index is 0.0691. The average molecular weight is 364 g/mol. The number of hydrogen-bond acceptors (Lipinski definition) is 2. The third-order valence-electron chi connectivity index (χ3n) is 6.38. The highest BCUT2D eigenvalue weighted by Gasteiger charge is 2.57. The van der Waals surface area contributed by atoms with Crippen molar-refractivity contribution in [1.29, 1.82) is 5.26 Å². The van der Waals surface area contributed by atoms with E-state index >= 15 is 0 Å². The summed E-state index contributed by atoms with van der Waals surface area (Å²) in [5, 5.41) is 13.4. The van der Waals surface area contributed by atoms with Crippen LogP contribution in [0.4, 0.5) is 5.69 Å². The molecule has 136 valence electrons. The second-order valence-corrected chi connectivity index (χ2v) is 7.80. The number of rotatable bonds is 2. The van der Waals surface area contributed by atoms with Gasteiger partial charge in [0.15, 0.2) is 0 Å². The zero-order valence-corrected chi connectivity index (χ0v) is 15.6. The van der Waals surface area contributed by atoms with Crippen LogP contribution >= 0.6 is 0 Å². The van der Waals surface area contributed by atoms with Gasteiger partial charge in [0.1, 0.15) is 5.41 Å². The van der Waals surface area contributed by atoms with Crippen LogP contribution in [0.25, 0.3) is 0 Å². The molecule has 3 heteroatoms. The molecule has 2 bridgehead atoms. The van der Waals surface area contributed by atoms with Gasteiger partial charge in [0, 0.05) is 17.5 Å². The van der Waals surface area contributed by atoms with Crippen LogP contribution < -0.4 is 5.32 Å². The largest absolute Gasteiger partial charge is 0.324 e. The van der Waals surface area contributed by atoms with E-state index in [4.69, 9.17) is 0 Å². The van der Waals surface area contributed by atoms with Gasteiger partial charge in [0.2, 0.25) is 5.91 Å². The first kappa shape index (κ1) is 16.8. The van der Waals surface area contributed by atoms with Gasteiger partial charge in [0.25, 0.3) is 0 Å². The summed E-state index contributed by atoms with van der Waals surface area (Å²) in [5.74, 6) is -0.387. The van der Waals surface area contributed by atoms with Crippen LogP contribution in [0.2, 0.25) is 0 Å². The third-order valence-corrected chi connectivity index (χ3v) is 6.38. The van der Waals surface area contributed by atoms with Crippen molar-refractivity contribution in [2.24, 2.45) is 5.41 Å². The Morgan fingerprint density at radius 2 is 1.46 bits per heavy atom. The molecule has 3 nitrogen and oxygen atoms in total. The average Bonchev–Trinajstić information content (AvgIpc) is 2.75. The number of fused-ring (bicyclic) bond motifs is 1. The van der Waals surface area contributed by atoms with E-state index in [9.17, 15) is 10.1 Å². The molecular formula is C25H20N2O. The van der Waals surface area contributed by atoms with Crippen LogP contribution in [-0.4, -0.2) is 5.91 Å². The molecule has 0 heterocycles. The Labute approximate surface area is 164 Å². The highest BCUT2D eigenvalue weighted by molar-refractivity contribution is 6.00. The van der Waals surface area contributed by atoms with Gasteiger partial charge in [-0.2, -0.15) is 5.26 Å². The number of nitrogens with one attached hydrogen (secondary N) is 1. The van der Waals surface area contributed by atoms with Crippen molar-refractivity contribution in [3.63, 3.8) is 0 Å². The van der Waals surface area contributed by atoms with Gasteiger partial charge in [-0.15, -0.1) is 0 Å². The number of anilines is 1. The number of aryl methyl sites for hydroxylation is 1. The van der Waals surface area contributed by atoms with Crippen LogP contribution in [0.3, 0.4) is 0 Å². The molecule has 0 fully saturated rings. The summed E-state index contributed by atoms with van der Waals surface area (Å²) in [4.78, 5) is 13.5. The Bertz CT molecular complexity index is 1100. The van der Waals surface area contributed by atoms with Crippen molar-refractivity contribution in [3.05, 3.63) is 101 Å². The number of amides is 1. The molecule has 1 N–H and O–H groups in total. The van der Waals surface area contributed by atoms with E-state index in [0.717, 1.165) is 22.4 Å². The van der Waals surface area contributed by atoms with Crippen molar-refractivity contribution in [3.8, 4) is 6.07 Å². The summed E-state index contributed by atoms with van der Waals surface area (Å²) in [5.41, 5.74) is 5.37. The van der Waals surface area contributed by atoms with E-state index in [1.807, 2.05) is 55.5 Å². The van der Waals surface area contributed by atoms with Crippen LogP contribution in [0, 0.1) is 23.7 Å². The molecule has 0 saturated heterocycles. The quantitative estimate of drug-likeness (QED) is 0.686. The SMILES string of the molecule is Cc1ccccc1NC(=O)C1(C#N)CC2c3ccccc3C1c1ccccc12. The minimum atomic E-state index is -1.12. The number of benzene rings is 3.